The van der Waals surface area contributed by atoms with Gasteiger partial charge in [0, 0.05) is 58.6 Å². The predicted octanol–water partition coefficient (Wildman–Crippen LogP) is 1.60. The molecule has 0 spiro atoms. The van der Waals surface area contributed by atoms with Crippen molar-refractivity contribution in [3.63, 3.8) is 0 Å². The van der Waals surface area contributed by atoms with E-state index in [1.165, 1.54) is 25.7 Å². The summed E-state index contributed by atoms with van der Waals surface area (Å²) in [6.45, 7) is 8.26. The number of anilines is 2. The molecule has 7 heteroatoms. The molecule has 148 valence electrons. The van der Waals surface area contributed by atoms with E-state index >= 15 is 0 Å². The second-order valence-corrected chi connectivity index (χ2v) is 7.97. The van der Waals surface area contributed by atoms with Gasteiger partial charge in [0.15, 0.2) is 0 Å². The largest absolute Gasteiger partial charge is 0.354 e. The highest BCUT2D eigenvalue weighted by molar-refractivity contribution is 5.78. The summed E-state index contributed by atoms with van der Waals surface area (Å²) in [6, 6.07) is 2.01. The number of amides is 1. The lowest BCUT2D eigenvalue weighted by molar-refractivity contribution is -0.132. The Morgan fingerprint density at radius 3 is 2.19 bits per heavy atom. The Hall–Kier alpha value is -1.89. The fourth-order valence-corrected chi connectivity index (χ4v) is 4.33. The topological polar surface area (TPSA) is 55.8 Å². The number of nitrogens with zero attached hydrogens (tertiary/aromatic N) is 6. The number of aromatic nitrogens is 2. The van der Waals surface area contributed by atoms with Crippen LogP contribution in [0.15, 0.2) is 12.3 Å². The van der Waals surface area contributed by atoms with Gasteiger partial charge in [0.1, 0.15) is 5.82 Å². The molecular formula is C20H32N6O. The smallest absolute Gasteiger partial charge is 0.236 e. The lowest BCUT2D eigenvalue weighted by Gasteiger charge is -2.36. The van der Waals surface area contributed by atoms with Gasteiger partial charge in [-0.1, -0.05) is 12.8 Å². The lowest BCUT2D eigenvalue weighted by Crippen LogP contribution is -2.50. The van der Waals surface area contributed by atoms with Crippen LogP contribution in [0, 0.1) is 0 Å². The summed E-state index contributed by atoms with van der Waals surface area (Å²) in [5.41, 5.74) is 0. The van der Waals surface area contributed by atoms with E-state index in [1.54, 1.807) is 0 Å². The molecule has 0 N–H and O–H groups in total. The highest BCUT2D eigenvalue weighted by atomic mass is 16.2. The molecule has 0 aromatic carbocycles. The molecule has 1 amide bonds. The van der Waals surface area contributed by atoms with Crippen molar-refractivity contribution in [2.24, 2.45) is 0 Å². The van der Waals surface area contributed by atoms with Crippen LogP contribution in [0.4, 0.5) is 11.8 Å². The molecule has 0 saturated carbocycles. The van der Waals surface area contributed by atoms with Gasteiger partial charge in [-0.15, -0.1) is 0 Å². The van der Waals surface area contributed by atoms with Crippen LogP contribution < -0.4 is 9.80 Å². The number of carbonyl (C=O) groups is 1. The van der Waals surface area contributed by atoms with E-state index in [0.29, 0.717) is 12.5 Å². The Morgan fingerprint density at radius 2 is 1.48 bits per heavy atom. The molecule has 7 nitrogen and oxygen atoms in total. The van der Waals surface area contributed by atoms with Crippen LogP contribution in [-0.4, -0.2) is 84.6 Å². The minimum absolute atomic E-state index is 0.309. The highest BCUT2D eigenvalue weighted by Crippen LogP contribution is 2.20. The van der Waals surface area contributed by atoms with Gasteiger partial charge < -0.3 is 14.7 Å². The summed E-state index contributed by atoms with van der Waals surface area (Å²) in [7, 11) is 0. The van der Waals surface area contributed by atoms with Crippen molar-refractivity contribution >= 4 is 17.7 Å². The van der Waals surface area contributed by atoms with E-state index < -0.39 is 0 Å². The zero-order valence-corrected chi connectivity index (χ0v) is 16.4. The van der Waals surface area contributed by atoms with Gasteiger partial charge in [-0.2, -0.15) is 4.98 Å². The number of piperazine rings is 1. The maximum absolute atomic E-state index is 12.6. The maximum atomic E-state index is 12.6. The molecule has 0 unspecified atom stereocenters. The third kappa shape index (κ3) is 4.69. The number of hydrogen-bond donors (Lipinski definition) is 0. The zero-order valence-electron chi connectivity index (χ0n) is 16.4. The molecular weight excluding hydrogens is 340 g/mol. The van der Waals surface area contributed by atoms with Gasteiger partial charge in [-0.05, 0) is 31.7 Å². The van der Waals surface area contributed by atoms with Crippen molar-refractivity contribution in [2.75, 3.05) is 68.7 Å². The molecule has 0 bridgehead atoms. The van der Waals surface area contributed by atoms with Crippen LogP contribution in [0.5, 0.6) is 0 Å². The summed E-state index contributed by atoms with van der Waals surface area (Å²) in [5.74, 6) is 2.19. The lowest BCUT2D eigenvalue weighted by atomic mass is 10.2. The maximum Gasteiger partial charge on any atom is 0.236 e. The van der Waals surface area contributed by atoms with E-state index in [-0.39, 0.29) is 0 Å². The Kier molecular flexibility index (Phi) is 6.07. The molecule has 1 aromatic rings. The average Bonchev–Trinajstić information content (AvgIpc) is 3.11. The normalized spacial score (nSPS) is 22.1. The van der Waals surface area contributed by atoms with Crippen molar-refractivity contribution in [1.82, 2.24) is 19.8 Å². The van der Waals surface area contributed by atoms with Gasteiger partial charge >= 0.3 is 0 Å². The van der Waals surface area contributed by atoms with Crippen LogP contribution in [-0.2, 0) is 4.79 Å². The van der Waals surface area contributed by atoms with Crippen molar-refractivity contribution in [3.8, 4) is 0 Å². The van der Waals surface area contributed by atoms with Crippen LogP contribution in [0.3, 0.4) is 0 Å². The Bertz CT molecular complexity index is 617. The second kappa shape index (κ2) is 8.87. The van der Waals surface area contributed by atoms with Crippen molar-refractivity contribution in [1.29, 1.82) is 0 Å². The standard InChI is InChI=1S/C20H32N6O/c27-19(25-9-3-1-2-4-10-25)17-23-13-15-24(16-14-23)18-7-8-21-20(22-18)26-11-5-6-12-26/h7-8H,1-6,9-17H2. The fraction of sp³-hybridized carbons (Fsp3) is 0.750. The fourth-order valence-electron chi connectivity index (χ4n) is 4.33. The Balaban J connectivity index is 1.28. The van der Waals surface area contributed by atoms with Crippen molar-refractivity contribution in [2.45, 2.75) is 38.5 Å². The molecule has 0 aliphatic carbocycles. The van der Waals surface area contributed by atoms with Crippen molar-refractivity contribution in [3.05, 3.63) is 12.3 Å². The minimum atomic E-state index is 0.309. The minimum Gasteiger partial charge on any atom is -0.354 e. The molecule has 0 radical (unpaired) electrons. The molecule has 3 fully saturated rings. The van der Waals surface area contributed by atoms with Gasteiger partial charge in [-0.3, -0.25) is 9.69 Å². The quantitative estimate of drug-likeness (QED) is 0.800. The number of rotatable bonds is 4. The summed E-state index contributed by atoms with van der Waals surface area (Å²) in [5, 5.41) is 0. The van der Waals surface area contributed by atoms with Crippen LogP contribution in [0.2, 0.25) is 0 Å². The summed E-state index contributed by atoms with van der Waals surface area (Å²) < 4.78 is 0. The monoisotopic (exact) mass is 372 g/mol. The average molecular weight is 373 g/mol. The Labute approximate surface area is 162 Å². The summed E-state index contributed by atoms with van der Waals surface area (Å²) in [4.78, 5) is 30.8. The van der Waals surface area contributed by atoms with E-state index in [0.717, 1.165) is 77.0 Å². The SMILES string of the molecule is O=C(CN1CCN(c2ccnc(N3CCCC3)n2)CC1)N1CCCCCC1. The van der Waals surface area contributed by atoms with Crippen molar-refractivity contribution < 1.29 is 4.79 Å². The van der Waals surface area contributed by atoms with E-state index in [4.69, 9.17) is 4.98 Å². The zero-order chi connectivity index (χ0) is 18.5. The number of likely N-dealkylation sites (tertiary alicyclic amines) is 1. The van der Waals surface area contributed by atoms with Crippen LogP contribution in [0.25, 0.3) is 0 Å². The third-order valence-corrected chi connectivity index (χ3v) is 6.03. The molecule has 3 aliphatic rings. The summed E-state index contributed by atoms with van der Waals surface area (Å²) in [6.07, 6.45) is 9.20. The molecule has 0 atom stereocenters. The van der Waals surface area contributed by atoms with E-state index in [2.05, 4.69) is 24.6 Å². The first kappa shape index (κ1) is 18.5. The second-order valence-electron chi connectivity index (χ2n) is 7.97. The third-order valence-electron chi connectivity index (χ3n) is 6.03. The Morgan fingerprint density at radius 1 is 0.815 bits per heavy atom. The van der Waals surface area contributed by atoms with Crippen LogP contribution >= 0.6 is 0 Å². The van der Waals surface area contributed by atoms with Gasteiger partial charge in [0.2, 0.25) is 11.9 Å². The molecule has 1 aromatic heterocycles. The molecule has 4 rings (SSSR count). The molecule has 3 saturated heterocycles. The highest BCUT2D eigenvalue weighted by Gasteiger charge is 2.24. The molecule has 4 heterocycles. The number of carbonyl (C=O) groups excluding carboxylic acids is 1. The molecule has 3 aliphatic heterocycles. The first-order chi connectivity index (χ1) is 13.3. The summed E-state index contributed by atoms with van der Waals surface area (Å²) >= 11 is 0. The predicted molar refractivity (Wildman–Crippen MR) is 107 cm³/mol. The van der Waals surface area contributed by atoms with Crippen LogP contribution in [0.1, 0.15) is 38.5 Å². The molecule has 27 heavy (non-hydrogen) atoms. The first-order valence-electron chi connectivity index (χ1n) is 10.6. The van der Waals surface area contributed by atoms with Gasteiger partial charge in [0.25, 0.3) is 0 Å². The number of hydrogen-bond acceptors (Lipinski definition) is 6. The first-order valence-corrected chi connectivity index (χ1v) is 10.6. The van der Waals surface area contributed by atoms with Gasteiger partial charge in [0.05, 0.1) is 6.54 Å². The van der Waals surface area contributed by atoms with E-state index in [1.807, 2.05) is 12.3 Å². The van der Waals surface area contributed by atoms with Gasteiger partial charge in [-0.25, -0.2) is 4.98 Å². The van der Waals surface area contributed by atoms with E-state index in [9.17, 15) is 4.79 Å².